The van der Waals surface area contributed by atoms with Gasteiger partial charge >= 0.3 is 12.1 Å². The van der Waals surface area contributed by atoms with Crippen molar-refractivity contribution < 1.29 is 24.2 Å². The minimum Gasteiger partial charge on any atom is -0.480 e. The van der Waals surface area contributed by atoms with Crippen LogP contribution in [-0.4, -0.2) is 39.2 Å². The standard InChI is InChI=1S/C11H19NO5S/c1-6(18-7(2)13)8(9(14)15)12-10(16)17-11(3,4)5/h6,8H,1-5H3,(H,12,16)(H,14,15). The molecule has 0 bridgehead atoms. The Hall–Kier alpha value is -1.24. The molecule has 2 unspecified atom stereocenters. The molecule has 7 heteroatoms. The fourth-order valence-electron chi connectivity index (χ4n) is 1.14. The van der Waals surface area contributed by atoms with E-state index in [1.54, 1.807) is 27.7 Å². The van der Waals surface area contributed by atoms with Gasteiger partial charge in [-0.3, -0.25) is 4.79 Å². The van der Waals surface area contributed by atoms with Crippen molar-refractivity contribution in [2.45, 2.75) is 51.5 Å². The molecule has 0 radical (unpaired) electrons. The predicted molar refractivity (Wildman–Crippen MR) is 68.5 cm³/mol. The number of carboxylic acids is 1. The summed E-state index contributed by atoms with van der Waals surface area (Å²) in [6, 6.07) is -1.17. The monoisotopic (exact) mass is 277 g/mol. The third-order valence-corrected chi connectivity index (χ3v) is 2.74. The van der Waals surface area contributed by atoms with Gasteiger partial charge in [-0.2, -0.15) is 0 Å². The van der Waals surface area contributed by atoms with Crippen LogP contribution in [0.3, 0.4) is 0 Å². The van der Waals surface area contributed by atoms with Gasteiger partial charge in [0.1, 0.15) is 11.6 Å². The number of thioether (sulfide) groups is 1. The second-order valence-electron chi connectivity index (χ2n) is 4.78. The molecule has 0 heterocycles. The van der Waals surface area contributed by atoms with E-state index in [1.165, 1.54) is 6.92 Å². The van der Waals surface area contributed by atoms with Crippen molar-refractivity contribution in [1.82, 2.24) is 5.32 Å². The van der Waals surface area contributed by atoms with Crippen molar-refractivity contribution in [3.8, 4) is 0 Å². The molecule has 1 amide bonds. The highest BCUT2D eigenvalue weighted by Gasteiger charge is 2.29. The predicted octanol–water partition coefficient (Wildman–Crippen LogP) is 1.63. The number of nitrogens with one attached hydrogen (secondary N) is 1. The minimum atomic E-state index is -1.21. The van der Waals surface area contributed by atoms with Gasteiger partial charge in [0.2, 0.25) is 0 Å². The van der Waals surface area contributed by atoms with E-state index in [0.717, 1.165) is 11.8 Å². The summed E-state index contributed by atoms with van der Waals surface area (Å²) in [6.45, 7) is 7.93. The molecule has 0 aliphatic heterocycles. The Morgan fingerprint density at radius 1 is 1.28 bits per heavy atom. The third kappa shape index (κ3) is 7.16. The third-order valence-electron chi connectivity index (χ3n) is 1.76. The Balaban J connectivity index is 4.59. The van der Waals surface area contributed by atoms with E-state index < -0.39 is 29.0 Å². The first-order chi connectivity index (χ1) is 8.03. The van der Waals surface area contributed by atoms with E-state index >= 15 is 0 Å². The normalized spacial score (nSPS) is 14.5. The molecule has 0 aromatic rings. The molecule has 0 aromatic heterocycles. The van der Waals surface area contributed by atoms with Crippen LogP contribution in [0.2, 0.25) is 0 Å². The molecule has 0 aliphatic rings. The largest absolute Gasteiger partial charge is 0.480 e. The van der Waals surface area contributed by atoms with Gasteiger partial charge in [0.25, 0.3) is 0 Å². The van der Waals surface area contributed by atoms with Gasteiger partial charge in [-0.05, 0) is 20.8 Å². The molecule has 0 aliphatic carbocycles. The Labute approximate surface area is 110 Å². The summed E-state index contributed by atoms with van der Waals surface area (Å²) in [5, 5.41) is 10.5. The van der Waals surface area contributed by atoms with Crippen LogP contribution in [-0.2, 0) is 14.3 Å². The summed E-state index contributed by atoms with van der Waals surface area (Å²) in [5.41, 5.74) is -0.704. The van der Waals surface area contributed by atoms with Gasteiger partial charge in [-0.15, -0.1) is 0 Å². The average molecular weight is 277 g/mol. The zero-order valence-corrected chi connectivity index (χ0v) is 12.0. The highest BCUT2D eigenvalue weighted by atomic mass is 32.2. The van der Waals surface area contributed by atoms with E-state index in [1.807, 2.05) is 0 Å². The summed E-state index contributed by atoms with van der Waals surface area (Å²) >= 11 is 0.861. The van der Waals surface area contributed by atoms with Crippen LogP contribution in [0.4, 0.5) is 4.79 Å². The van der Waals surface area contributed by atoms with Crippen molar-refractivity contribution in [2.24, 2.45) is 0 Å². The average Bonchev–Trinajstić information content (AvgIpc) is 2.09. The Morgan fingerprint density at radius 3 is 2.11 bits per heavy atom. The first-order valence-corrected chi connectivity index (χ1v) is 6.30. The van der Waals surface area contributed by atoms with E-state index in [9.17, 15) is 14.4 Å². The van der Waals surface area contributed by atoms with Crippen molar-refractivity contribution in [2.75, 3.05) is 0 Å². The minimum absolute atomic E-state index is 0.209. The number of alkyl carbamates (subject to hydrolysis) is 1. The van der Waals surface area contributed by atoms with Crippen LogP contribution in [0, 0.1) is 0 Å². The maximum Gasteiger partial charge on any atom is 0.408 e. The quantitative estimate of drug-likeness (QED) is 0.811. The summed E-state index contributed by atoms with van der Waals surface area (Å²) in [7, 11) is 0. The highest BCUT2D eigenvalue weighted by Crippen LogP contribution is 2.16. The maximum atomic E-state index is 11.5. The van der Waals surface area contributed by atoms with Gasteiger partial charge in [-0.1, -0.05) is 18.7 Å². The molecule has 6 nitrogen and oxygen atoms in total. The number of ether oxygens (including phenoxy) is 1. The number of amides is 1. The van der Waals surface area contributed by atoms with Crippen molar-refractivity contribution in [3.63, 3.8) is 0 Å². The summed E-state index contributed by atoms with van der Waals surface area (Å²) < 4.78 is 4.97. The molecular weight excluding hydrogens is 258 g/mol. The number of carbonyl (C=O) groups excluding carboxylic acids is 2. The Bertz CT molecular complexity index is 337. The van der Waals surface area contributed by atoms with E-state index in [0.29, 0.717) is 0 Å². The van der Waals surface area contributed by atoms with Crippen LogP contribution in [0.5, 0.6) is 0 Å². The molecule has 0 saturated carbocycles. The highest BCUT2D eigenvalue weighted by molar-refractivity contribution is 8.14. The van der Waals surface area contributed by atoms with E-state index in [-0.39, 0.29) is 5.12 Å². The molecule has 2 N–H and O–H groups in total. The lowest BCUT2D eigenvalue weighted by molar-refractivity contribution is -0.139. The number of carboxylic acid groups (broad SMARTS) is 1. The molecule has 104 valence electrons. The molecular formula is C11H19NO5S. The smallest absolute Gasteiger partial charge is 0.408 e. The maximum absolute atomic E-state index is 11.5. The lowest BCUT2D eigenvalue weighted by atomic mass is 10.2. The Morgan fingerprint density at radius 2 is 1.78 bits per heavy atom. The molecule has 0 saturated heterocycles. The number of carbonyl (C=O) groups is 3. The first-order valence-electron chi connectivity index (χ1n) is 5.42. The van der Waals surface area contributed by atoms with Gasteiger partial charge in [0, 0.05) is 12.2 Å². The zero-order chi connectivity index (χ0) is 14.5. The number of hydrogen-bond donors (Lipinski definition) is 2. The van der Waals surface area contributed by atoms with Crippen LogP contribution < -0.4 is 5.32 Å². The van der Waals surface area contributed by atoms with E-state index in [4.69, 9.17) is 9.84 Å². The zero-order valence-electron chi connectivity index (χ0n) is 11.1. The lowest BCUT2D eigenvalue weighted by Crippen LogP contribution is -2.48. The molecule has 0 fully saturated rings. The van der Waals surface area contributed by atoms with Crippen molar-refractivity contribution >= 4 is 28.9 Å². The molecule has 0 spiro atoms. The topological polar surface area (TPSA) is 92.7 Å². The van der Waals surface area contributed by atoms with Gasteiger partial charge < -0.3 is 15.2 Å². The fraction of sp³-hybridized carbons (Fsp3) is 0.727. The second kappa shape index (κ2) is 6.63. The lowest BCUT2D eigenvalue weighted by Gasteiger charge is -2.24. The summed E-state index contributed by atoms with van der Waals surface area (Å²) in [5.74, 6) is -1.21. The van der Waals surface area contributed by atoms with E-state index in [2.05, 4.69) is 5.32 Å². The fourth-order valence-corrected chi connectivity index (χ4v) is 1.99. The van der Waals surface area contributed by atoms with Gasteiger partial charge in [0.05, 0.1) is 0 Å². The van der Waals surface area contributed by atoms with Crippen LogP contribution >= 0.6 is 11.8 Å². The summed E-state index contributed by atoms with van der Waals surface area (Å²) in [4.78, 5) is 33.4. The molecule has 18 heavy (non-hydrogen) atoms. The van der Waals surface area contributed by atoms with Crippen LogP contribution in [0.1, 0.15) is 34.6 Å². The molecule has 0 rings (SSSR count). The van der Waals surface area contributed by atoms with Crippen LogP contribution in [0.25, 0.3) is 0 Å². The Kier molecular flexibility index (Phi) is 6.17. The number of aliphatic carboxylic acids is 1. The second-order valence-corrected chi connectivity index (χ2v) is 6.33. The molecule has 2 atom stereocenters. The number of rotatable bonds is 4. The number of hydrogen-bond acceptors (Lipinski definition) is 5. The van der Waals surface area contributed by atoms with Gasteiger partial charge in [-0.25, -0.2) is 9.59 Å². The van der Waals surface area contributed by atoms with Crippen molar-refractivity contribution in [1.29, 1.82) is 0 Å². The first kappa shape index (κ1) is 16.8. The van der Waals surface area contributed by atoms with Crippen LogP contribution in [0.15, 0.2) is 0 Å². The molecule has 0 aromatic carbocycles. The van der Waals surface area contributed by atoms with Crippen molar-refractivity contribution in [3.05, 3.63) is 0 Å². The summed E-state index contributed by atoms with van der Waals surface area (Å²) in [6.07, 6.45) is -0.814. The van der Waals surface area contributed by atoms with Gasteiger partial charge in [0.15, 0.2) is 5.12 Å². The SMILES string of the molecule is CC(=O)SC(C)C(NC(=O)OC(C)(C)C)C(=O)O.